The first-order chi connectivity index (χ1) is 16.5. The van der Waals surface area contributed by atoms with Crippen molar-refractivity contribution in [3.8, 4) is 5.75 Å². The Balaban J connectivity index is 1.75. The minimum atomic E-state index is -0.515. The van der Waals surface area contributed by atoms with Gasteiger partial charge in [0.2, 0.25) is 0 Å². The Morgan fingerprint density at radius 2 is 1.94 bits per heavy atom. The Bertz CT molecular complexity index is 1160. The smallest absolute Gasteiger partial charge is 0.414 e. The number of benzene rings is 2. The first-order valence-electron chi connectivity index (χ1n) is 11.1. The summed E-state index contributed by atoms with van der Waals surface area (Å²) < 4.78 is 22.0. The number of amides is 1. The van der Waals surface area contributed by atoms with Crippen LogP contribution >= 0.6 is 0 Å². The number of carbonyl (C=O) groups is 2. The van der Waals surface area contributed by atoms with Crippen LogP contribution in [0.2, 0.25) is 0 Å². The summed E-state index contributed by atoms with van der Waals surface area (Å²) in [6.45, 7) is 0.975. The second-order valence-electron chi connectivity index (χ2n) is 7.96. The van der Waals surface area contributed by atoms with E-state index in [1.165, 1.54) is 19.1 Å². The summed E-state index contributed by atoms with van der Waals surface area (Å²) in [5.41, 5.74) is 3.39. The molecule has 1 amide bonds. The zero-order valence-electron chi connectivity index (χ0n) is 19.2. The number of esters is 1. The number of hydrogen-bond acceptors (Lipinski definition) is 7. The molecule has 180 valence electrons. The molecule has 0 bridgehead atoms. The number of nitrogens with one attached hydrogen (secondary N) is 1. The first kappa shape index (κ1) is 23.6. The SMILES string of the molecule is COC(=O)c1cc2c3c(cc(OCCCO)c2[nH]1)N(C(=O)OC)C[C@@H](OCc1ccccc1)C3. The molecule has 0 radical (unpaired) electrons. The molecule has 34 heavy (non-hydrogen) atoms. The summed E-state index contributed by atoms with van der Waals surface area (Å²) in [5, 5.41) is 9.87. The molecule has 3 aromatic rings. The van der Waals surface area contributed by atoms with Crippen LogP contribution in [-0.2, 0) is 27.2 Å². The van der Waals surface area contributed by atoms with Gasteiger partial charge in [-0.2, -0.15) is 0 Å². The highest BCUT2D eigenvalue weighted by Gasteiger charge is 2.33. The van der Waals surface area contributed by atoms with Gasteiger partial charge in [-0.15, -0.1) is 0 Å². The van der Waals surface area contributed by atoms with Crippen molar-refractivity contribution in [1.82, 2.24) is 4.98 Å². The van der Waals surface area contributed by atoms with E-state index in [2.05, 4.69) is 4.98 Å². The van der Waals surface area contributed by atoms with Crippen molar-refractivity contribution >= 4 is 28.7 Å². The molecule has 1 atom stereocenters. The fourth-order valence-corrected chi connectivity index (χ4v) is 4.12. The van der Waals surface area contributed by atoms with E-state index in [-0.39, 0.29) is 25.0 Å². The van der Waals surface area contributed by atoms with Crippen molar-refractivity contribution < 1.29 is 33.6 Å². The molecule has 1 aromatic heterocycles. The number of rotatable bonds is 8. The van der Waals surface area contributed by atoms with Crippen LogP contribution in [0.1, 0.15) is 28.0 Å². The molecule has 0 spiro atoms. The Morgan fingerprint density at radius 3 is 2.65 bits per heavy atom. The van der Waals surface area contributed by atoms with Crippen LogP contribution in [0.15, 0.2) is 42.5 Å². The van der Waals surface area contributed by atoms with E-state index in [0.717, 1.165) is 16.5 Å². The third-order valence-corrected chi connectivity index (χ3v) is 5.76. The third kappa shape index (κ3) is 4.85. The number of ether oxygens (including phenoxy) is 4. The number of aliphatic hydroxyl groups excluding tert-OH is 1. The number of aromatic nitrogens is 1. The zero-order valence-corrected chi connectivity index (χ0v) is 19.2. The molecule has 1 aliphatic rings. The second-order valence-corrected chi connectivity index (χ2v) is 7.96. The highest BCUT2D eigenvalue weighted by Crippen LogP contribution is 2.40. The van der Waals surface area contributed by atoms with Crippen molar-refractivity contribution in [3.63, 3.8) is 0 Å². The third-order valence-electron chi connectivity index (χ3n) is 5.76. The van der Waals surface area contributed by atoms with Gasteiger partial charge in [-0.1, -0.05) is 30.3 Å². The van der Waals surface area contributed by atoms with E-state index in [1.807, 2.05) is 30.3 Å². The monoisotopic (exact) mass is 468 g/mol. The molecule has 2 heterocycles. The fraction of sp³-hybridized carbons (Fsp3) is 0.360. The maximum absolute atomic E-state index is 12.7. The van der Waals surface area contributed by atoms with E-state index >= 15 is 0 Å². The normalized spacial score (nSPS) is 15.1. The zero-order chi connectivity index (χ0) is 24.1. The van der Waals surface area contributed by atoms with Gasteiger partial charge in [0, 0.05) is 30.9 Å². The van der Waals surface area contributed by atoms with Gasteiger partial charge < -0.3 is 29.0 Å². The van der Waals surface area contributed by atoms with E-state index < -0.39 is 12.1 Å². The van der Waals surface area contributed by atoms with Gasteiger partial charge in [-0.25, -0.2) is 9.59 Å². The number of H-pyrrole nitrogens is 1. The predicted octanol–water partition coefficient (Wildman–Crippen LogP) is 3.43. The Morgan fingerprint density at radius 1 is 1.15 bits per heavy atom. The molecule has 4 rings (SSSR count). The Kier molecular flexibility index (Phi) is 7.34. The van der Waals surface area contributed by atoms with Crippen molar-refractivity contribution in [3.05, 3.63) is 59.3 Å². The van der Waals surface area contributed by atoms with Crippen LogP contribution < -0.4 is 9.64 Å². The van der Waals surface area contributed by atoms with Gasteiger partial charge in [0.25, 0.3) is 0 Å². The van der Waals surface area contributed by atoms with E-state index in [9.17, 15) is 9.59 Å². The van der Waals surface area contributed by atoms with Crippen LogP contribution in [-0.4, -0.2) is 62.2 Å². The van der Waals surface area contributed by atoms with Gasteiger partial charge in [-0.05, 0) is 17.2 Å². The van der Waals surface area contributed by atoms with Crippen LogP contribution in [0.4, 0.5) is 10.5 Å². The first-order valence-corrected chi connectivity index (χ1v) is 11.1. The number of aromatic amines is 1. The highest BCUT2D eigenvalue weighted by atomic mass is 16.5. The molecule has 0 saturated carbocycles. The van der Waals surface area contributed by atoms with Crippen LogP contribution in [0.5, 0.6) is 5.75 Å². The van der Waals surface area contributed by atoms with E-state index in [1.54, 1.807) is 12.1 Å². The number of nitrogens with zero attached hydrogens (tertiary/aromatic N) is 1. The van der Waals surface area contributed by atoms with E-state index in [4.69, 9.17) is 24.1 Å². The molecular formula is C25H28N2O7. The molecular weight excluding hydrogens is 440 g/mol. The lowest BCUT2D eigenvalue weighted by atomic mass is 9.95. The molecule has 0 aliphatic carbocycles. The average Bonchev–Trinajstić information content (AvgIpc) is 3.33. The number of fused-ring (bicyclic) bond motifs is 3. The average molecular weight is 469 g/mol. The quantitative estimate of drug-likeness (QED) is 0.385. The maximum Gasteiger partial charge on any atom is 0.414 e. The van der Waals surface area contributed by atoms with Crippen LogP contribution in [0.25, 0.3) is 10.9 Å². The van der Waals surface area contributed by atoms with Gasteiger partial charge in [-0.3, -0.25) is 4.90 Å². The van der Waals surface area contributed by atoms with Crippen molar-refractivity contribution in [1.29, 1.82) is 0 Å². The topological polar surface area (TPSA) is 110 Å². The standard InChI is InChI=1S/C25H28N2O7/c1-31-24(29)20-12-19-18-11-17(34-15-16-7-4-3-5-8-16)14-27(25(30)32-2)21(18)13-22(23(19)26-20)33-10-6-9-28/h3-5,7-8,12-13,17,26,28H,6,9-11,14-15H2,1-2H3/t17-/m0/s1. The lowest BCUT2D eigenvalue weighted by molar-refractivity contribution is 0.0425. The molecule has 0 saturated heterocycles. The Labute approximate surface area is 197 Å². The van der Waals surface area contributed by atoms with Gasteiger partial charge in [0.05, 0.1) is 51.3 Å². The molecule has 2 aromatic carbocycles. The van der Waals surface area contributed by atoms with Crippen molar-refractivity contribution in [2.75, 3.05) is 38.9 Å². The second kappa shape index (κ2) is 10.6. The van der Waals surface area contributed by atoms with Crippen LogP contribution in [0, 0.1) is 0 Å². The maximum atomic E-state index is 12.7. The number of aliphatic hydroxyl groups is 1. The highest BCUT2D eigenvalue weighted by molar-refractivity contribution is 6.03. The summed E-state index contributed by atoms with van der Waals surface area (Å²) in [6.07, 6.45) is 0.173. The van der Waals surface area contributed by atoms with E-state index in [0.29, 0.717) is 42.9 Å². The molecule has 0 fully saturated rings. The molecule has 1 aliphatic heterocycles. The molecule has 0 unspecified atom stereocenters. The largest absolute Gasteiger partial charge is 0.491 e. The van der Waals surface area contributed by atoms with Gasteiger partial charge in [0.15, 0.2) is 0 Å². The molecule has 9 heteroatoms. The molecule has 9 nitrogen and oxygen atoms in total. The lowest BCUT2D eigenvalue weighted by Gasteiger charge is -2.34. The number of methoxy groups -OCH3 is 2. The van der Waals surface area contributed by atoms with Crippen molar-refractivity contribution in [2.24, 2.45) is 0 Å². The summed E-state index contributed by atoms with van der Waals surface area (Å²) >= 11 is 0. The van der Waals surface area contributed by atoms with Gasteiger partial charge >= 0.3 is 12.1 Å². The summed E-state index contributed by atoms with van der Waals surface area (Å²) in [5.74, 6) is -0.0429. The Hall–Kier alpha value is -3.56. The summed E-state index contributed by atoms with van der Waals surface area (Å²) in [4.78, 5) is 29.5. The van der Waals surface area contributed by atoms with Crippen molar-refractivity contribution in [2.45, 2.75) is 25.6 Å². The number of hydrogen-bond donors (Lipinski definition) is 2. The lowest BCUT2D eigenvalue weighted by Crippen LogP contribution is -2.43. The minimum absolute atomic E-state index is 0.0130. The predicted molar refractivity (Wildman–Crippen MR) is 125 cm³/mol. The van der Waals surface area contributed by atoms with Gasteiger partial charge in [0.1, 0.15) is 11.4 Å². The fourth-order valence-electron chi connectivity index (χ4n) is 4.12. The number of anilines is 1. The van der Waals surface area contributed by atoms with Crippen LogP contribution in [0.3, 0.4) is 0 Å². The summed E-state index contributed by atoms with van der Waals surface area (Å²) in [6, 6.07) is 13.3. The molecule has 2 N–H and O–H groups in total. The summed E-state index contributed by atoms with van der Waals surface area (Å²) in [7, 11) is 2.65. The number of carbonyl (C=O) groups excluding carboxylic acids is 2. The minimum Gasteiger partial charge on any atom is -0.491 e.